The normalized spacial score (nSPS) is 18.4. The molecule has 0 saturated heterocycles. The van der Waals surface area contributed by atoms with Crippen molar-refractivity contribution < 1.29 is 0 Å². The number of aromatic amines is 1. The fourth-order valence-electron chi connectivity index (χ4n) is 1.42. The Balaban J connectivity index is 1.95. The molecule has 6 heteroatoms. The maximum absolute atomic E-state index is 11.1. The molecule has 0 amide bonds. The van der Waals surface area contributed by atoms with Crippen molar-refractivity contribution in [2.75, 3.05) is 5.75 Å². The molecule has 2 N–H and O–H groups in total. The molecule has 1 unspecified atom stereocenters. The summed E-state index contributed by atoms with van der Waals surface area (Å²) in [5.41, 5.74) is -0.739. The van der Waals surface area contributed by atoms with Crippen LogP contribution in [0.25, 0.3) is 0 Å². The first-order valence-electron chi connectivity index (χ1n) is 5.48. The number of nitrogens with one attached hydrogen (secondary N) is 2. The van der Waals surface area contributed by atoms with E-state index >= 15 is 0 Å². The van der Waals surface area contributed by atoms with Gasteiger partial charge in [0.15, 0.2) is 5.16 Å². The highest BCUT2D eigenvalue weighted by Gasteiger charge is 2.32. The van der Waals surface area contributed by atoms with Crippen LogP contribution >= 0.6 is 11.8 Å². The Kier molecular flexibility index (Phi) is 3.50. The quantitative estimate of drug-likeness (QED) is 0.599. The fourth-order valence-corrected chi connectivity index (χ4v) is 2.30. The molecule has 0 bridgehead atoms. The number of hydrogen-bond acceptors (Lipinski definition) is 5. The first-order chi connectivity index (χ1) is 8.11. The summed E-state index contributed by atoms with van der Waals surface area (Å²) in [5, 5.41) is 13.0. The lowest BCUT2D eigenvalue weighted by Crippen LogP contribution is -2.44. The van der Waals surface area contributed by atoms with E-state index in [9.17, 15) is 10.1 Å². The summed E-state index contributed by atoms with van der Waals surface area (Å²) in [6, 6.07) is 4.13. The molecular weight excluding hydrogens is 236 g/mol. The summed E-state index contributed by atoms with van der Waals surface area (Å²) in [7, 11) is 0. The van der Waals surface area contributed by atoms with Crippen LogP contribution < -0.4 is 10.9 Å². The number of H-pyrrole nitrogens is 1. The van der Waals surface area contributed by atoms with E-state index in [4.69, 9.17) is 0 Å². The Labute approximate surface area is 104 Å². The van der Waals surface area contributed by atoms with Crippen molar-refractivity contribution in [3.05, 3.63) is 22.6 Å². The van der Waals surface area contributed by atoms with Crippen LogP contribution in [-0.2, 0) is 0 Å². The van der Waals surface area contributed by atoms with Crippen LogP contribution in [0.5, 0.6) is 0 Å². The molecule has 90 valence electrons. The smallest absolute Gasteiger partial charge is 0.251 e. The lowest BCUT2D eigenvalue weighted by molar-refractivity contribution is 0.490. The molecule has 1 aromatic rings. The van der Waals surface area contributed by atoms with E-state index in [0.29, 0.717) is 17.0 Å². The zero-order valence-corrected chi connectivity index (χ0v) is 10.4. The number of nitriles is 1. The molecule has 0 spiro atoms. The van der Waals surface area contributed by atoms with Crippen molar-refractivity contribution in [3.63, 3.8) is 0 Å². The second kappa shape index (κ2) is 4.90. The molecule has 1 aliphatic rings. The van der Waals surface area contributed by atoms with Crippen LogP contribution in [-0.4, -0.2) is 27.3 Å². The largest absolute Gasteiger partial charge is 0.301 e. The lowest BCUT2D eigenvalue weighted by atomic mass is 10.1. The van der Waals surface area contributed by atoms with Gasteiger partial charge >= 0.3 is 0 Å². The average molecular weight is 250 g/mol. The molecule has 1 fully saturated rings. The van der Waals surface area contributed by atoms with Gasteiger partial charge in [-0.05, 0) is 19.8 Å². The zero-order valence-electron chi connectivity index (χ0n) is 9.56. The molecule has 1 aromatic heterocycles. The van der Waals surface area contributed by atoms with Gasteiger partial charge in [-0.2, -0.15) is 5.26 Å². The number of thioether (sulfide) groups is 1. The molecule has 5 nitrogen and oxygen atoms in total. The van der Waals surface area contributed by atoms with Crippen molar-refractivity contribution in [2.45, 2.75) is 36.5 Å². The minimum atomic E-state index is -0.569. The van der Waals surface area contributed by atoms with E-state index in [1.165, 1.54) is 24.0 Å². The third-order valence-electron chi connectivity index (χ3n) is 2.49. The number of nitrogens with zero attached hydrogens (tertiary/aromatic N) is 2. The fraction of sp³-hybridized carbons (Fsp3) is 0.545. The van der Waals surface area contributed by atoms with E-state index in [1.807, 2.05) is 6.92 Å². The van der Waals surface area contributed by atoms with Crippen LogP contribution in [0.3, 0.4) is 0 Å². The predicted molar refractivity (Wildman–Crippen MR) is 65.8 cm³/mol. The molecule has 17 heavy (non-hydrogen) atoms. The van der Waals surface area contributed by atoms with Gasteiger partial charge in [-0.3, -0.25) is 10.1 Å². The Morgan fingerprint density at radius 3 is 3.12 bits per heavy atom. The Morgan fingerprint density at radius 2 is 2.53 bits per heavy atom. The second-order valence-electron chi connectivity index (χ2n) is 4.39. The molecule has 1 heterocycles. The Morgan fingerprint density at radius 1 is 1.76 bits per heavy atom. The van der Waals surface area contributed by atoms with Gasteiger partial charge in [-0.25, -0.2) is 4.98 Å². The third kappa shape index (κ3) is 3.58. The Hall–Kier alpha value is -1.32. The van der Waals surface area contributed by atoms with E-state index in [-0.39, 0.29) is 5.56 Å². The SMILES string of the molecule is CC(C#N)(CSc1nccc(=O)[nH]1)NC1CC1. The summed E-state index contributed by atoms with van der Waals surface area (Å²) in [6.07, 6.45) is 3.75. The maximum Gasteiger partial charge on any atom is 0.251 e. The van der Waals surface area contributed by atoms with E-state index in [0.717, 1.165) is 12.8 Å². The van der Waals surface area contributed by atoms with E-state index in [2.05, 4.69) is 21.4 Å². The molecule has 1 aliphatic carbocycles. The lowest BCUT2D eigenvalue weighted by Gasteiger charge is -2.22. The number of hydrogen-bond donors (Lipinski definition) is 2. The maximum atomic E-state index is 11.1. The van der Waals surface area contributed by atoms with Gasteiger partial charge in [-0.15, -0.1) is 0 Å². The van der Waals surface area contributed by atoms with Crippen molar-refractivity contribution in [1.29, 1.82) is 5.26 Å². The topological polar surface area (TPSA) is 81.6 Å². The summed E-state index contributed by atoms with van der Waals surface area (Å²) in [5.74, 6) is 0.562. The molecular formula is C11H14N4OS. The average Bonchev–Trinajstić information content (AvgIpc) is 3.11. The molecule has 0 aromatic carbocycles. The van der Waals surface area contributed by atoms with Crippen molar-refractivity contribution in [2.24, 2.45) is 0 Å². The van der Waals surface area contributed by atoms with Gasteiger partial charge in [0, 0.05) is 24.1 Å². The summed E-state index contributed by atoms with van der Waals surface area (Å²) < 4.78 is 0. The highest BCUT2D eigenvalue weighted by molar-refractivity contribution is 7.99. The summed E-state index contributed by atoms with van der Waals surface area (Å²) in [6.45, 7) is 1.87. The van der Waals surface area contributed by atoms with Gasteiger partial charge in [0.25, 0.3) is 5.56 Å². The summed E-state index contributed by atoms with van der Waals surface area (Å²) in [4.78, 5) is 17.8. The third-order valence-corrected chi connectivity index (χ3v) is 3.69. The van der Waals surface area contributed by atoms with Gasteiger partial charge < -0.3 is 4.98 Å². The molecule has 2 rings (SSSR count). The molecule has 1 atom stereocenters. The minimum absolute atomic E-state index is 0.170. The Bertz CT molecular complexity index is 491. The predicted octanol–water partition coefficient (Wildman–Crippen LogP) is 0.896. The first-order valence-corrected chi connectivity index (χ1v) is 6.47. The first kappa shape index (κ1) is 12.1. The van der Waals surface area contributed by atoms with Gasteiger partial charge in [0.05, 0.1) is 6.07 Å². The molecule has 0 radical (unpaired) electrons. The second-order valence-corrected chi connectivity index (χ2v) is 5.35. The number of aromatic nitrogens is 2. The summed E-state index contributed by atoms with van der Waals surface area (Å²) >= 11 is 1.38. The van der Waals surface area contributed by atoms with Crippen LogP contribution in [0.2, 0.25) is 0 Å². The highest BCUT2D eigenvalue weighted by Crippen LogP contribution is 2.25. The monoisotopic (exact) mass is 250 g/mol. The van der Waals surface area contributed by atoms with Crippen molar-refractivity contribution in [1.82, 2.24) is 15.3 Å². The van der Waals surface area contributed by atoms with Crippen LogP contribution in [0.15, 0.2) is 22.2 Å². The van der Waals surface area contributed by atoms with Crippen LogP contribution in [0.1, 0.15) is 19.8 Å². The van der Waals surface area contributed by atoms with Crippen molar-refractivity contribution >= 4 is 11.8 Å². The van der Waals surface area contributed by atoms with Gasteiger partial charge in [-0.1, -0.05) is 11.8 Å². The van der Waals surface area contributed by atoms with Crippen LogP contribution in [0, 0.1) is 11.3 Å². The van der Waals surface area contributed by atoms with Gasteiger partial charge in [0.2, 0.25) is 0 Å². The highest BCUT2D eigenvalue weighted by atomic mass is 32.2. The molecule has 1 saturated carbocycles. The van der Waals surface area contributed by atoms with E-state index < -0.39 is 5.54 Å². The minimum Gasteiger partial charge on any atom is -0.301 e. The van der Waals surface area contributed by atoms with E-state index in [1.54, 1.807) is 0 Å². The number of rotatable bonds is 5. The molecule has 0 aliphatic heterocycles. The zero-order chi connectivity index (χ0) is 12.3. The van der Waals surface area contributed by atoms with Crippen LogP contribution in [0.4, 0.5) is 0 Å². The van der Waals surface area contributed by atoms with Crippen molar-refractivity contribution in [3.8, 4) is 6.07 Å². The standard InChI is InChI=1S/C11H14N4OS/c1-11(6-12,15-8-2-3-8)7-17-10-13-5-4-9(16)14-10/h4-5,8,15H,2-3,7H2,1H3,(H,13,14,16). The van der Waals surface area contributed by atoms with Gasteiger partial charge in [0.1, 0.15) is 5.54 Å².